The third-order valence-electron chi connectivity index (χ3n) is 2.60. The molecule has 1 aliphatic heterocycles. The first-order valence-corrected chi connectivity index (χ1v) is 5.91. The summed E-state index contributed by atoms with van der Waals surface area (Å²) in [5.41, 5.74) is 0. The summed E-state index contributed by atoms with van der Waals surface area (Å²) in [5.74, 6) is 0.953. The molecule has 4 nitrogen and oxygen atoms in total. The zero-order valence-electron chi connectivity index (χ0n) is 9.48. The largest absolute Gasteiger partial charge is 0.468 e. The predicted octanol–water partition coefficient (Wildman–Crippen LogP) is 1.91. The van der Waals surface area contributed by atoms with E-state index in [0.717, 1.165) is 38.3 Å². The molecule has 0 spiro atoms. The molecule has 1 saturated heterocycles. The highest BCUT2D eigenvalue weighted by Crippen LogP contribution is 2.13. The van der Waals surface area contributed by atoms with E-state index in [2.05, 4.69) is 5.32 Å². The Balaban J connectivity index is 1.48. The van der Waals surface area contributed by atoms with Crippen LogP contribution >= 0.6 is 0 Å². The van der Waals surface area contributed by atoms with Crippen LogP contribution in [0.25, 0.3) is 0 Å². The Hall–Kier alpha value is -0.840. The second-order valence-electron chi connectivity index (χ2n) is 3.92. The lowest BCUT2D eigenvalue weighted by Crippen LogP contribution is -2.26. The molecule has 1 N–H and O–H groups in total. The molecule has 1 aromatic heterocycles. The van der Waals surface area contributed by atoms with Gasteiger partial charge in [-0.25, -0.2) is 0 Å². The van der Waals surface area contributed by atoms with Crippen LogP contribution in [-0.2, 0) is 16.0 Å². The Morgan fingerprint density at radius 2 is 2.44 bits per heavy atom. The van der Waals surface area contributed by atoms with Crippen molar-refractivity contribution in [2.45, 2.75) is 32.1 Å². The third-order valence-corrected chi connectivity index (χ3v) is 2.60. The minimum atomic E-state index is 0.0131. The molecule has 0 bridgehead atoms. The van der Waals surface area contributed by atoms with Gasteiger partial charge in [-0.3, -0.25) is 0 Å². The molecule has 1 aliphatic rings. The molecular formula is C12H19NO3. The molecule has 1 unspecified atom stereocenters. The van der Waals surface area contributed by atoms with E-state index in [-0.39, 0.29) is 6.29 Å². The topological polar surface area (TPSA) is 43.6 Å². The van der Waals surface area contributed by atoms with Crippen molar-refractivity contribution in [1.29, 1.82) is 0 Å². The lowest BCUT2D eigenvalue weighted by Gasteiger charge is -2.22. The average molecular weight is 225 g/mol. The first-order valence-electron chi connectivity index (χ1n) is 5.91. The van der Waals surface area contributed by atoms with Gasteiger partial charge in [-0.15, -0.1) is 0 Å². The maximum absolute atomic E-state index is 5.59. The lowest BCUT2D eigenvalue weighted by molar-refractivity contribution is -0.161. The van der Waals surface area contributed by atoms with Crippen LogP contribution in [-0.4, -0.2) is 26.0 Å². The van der Waals surface area contributed by atoms with Crippen LogP contribution in [0.5, 0.6) is 0 Å². The van der Waals surface area contributed by atoms with Gasteiger partial charge in [-0.1, -0.05) is 0 Å². The predicted molar refractivity (Wildman–Crippen MR) is 60.0 cm³/mol. The highest BCUT2D eigenvalue weighted by molar-refractivity contribution is 4.97. The van der Waals surface area contributed by atoms with E-state index in [4.69, 9.17) is 13.9 Å². The monoisotopic (exact) mass is 225 g/mol. The molecule has 90 valence electrons. The quantitative estimate of drug-likeness (QED) is 0.751. The summed E-state index contributed by atoms with van der Waals surface area (Å²) in [6.45, 7) is 3.10. The summed E-state index contributed by atoms with van der Waals surface area (Å²) in [5, 5.41) is 3.25. The number of furan rings is 1. The number of ether oxygens (including phenoxy) is 2. The van der Waals surface area contributed by atoms with E-state index < -0.39 is 0 Å². The van der Waals surface area contributed by atoms with Crippen LogP contribution in [0.2, 0.25) is 0 Å². The summed E-state index contributed by atoms with van der Waals surface area (Å²) in [4.78, 5) is 0. The first-order chi connectivity index (χ1) is 7.95. The molecule has 16 heavy (non-hydrogen) atoms. The summed E-state index contributed by atoms with van der Waals surface area (Å²) in [7, 11) is 0. The van der Waals surface area contributed by atoms with Crippen LogP contribution in [0, 0.1) is 0 Å². The molecule has 0 amide bonds. The van der Waals surface area contributed by atoms with Gasteiger partial charge in [0.05, 0.1) is 19.4 Å². The molecule has 0 radical (unpaired) electrons. The van der Waals surface area contributed by atoms with Crippen molar-refractivity contribution in [3.05, 3.63) is 24.2 Å². The van der Waals surface area contributed by atoms with Crippen molar-refractivity contribution >= 4 is 0 Å². The third kappa shape index (κ3) is 3.96. The van der Waals surface area contributed by atoms with Gasteiger partial charge in [0.2, 0.25) is 0 Å². The van der Waals surface area contributed by atoms with Gasteiger partial charge < -0.3 is 19.2 Å². The summed E-state index contributed by atoms with van der Waals surface area (Å²) < 4.78 is 16.3. The molecule has 2 rings (SSSR count). The normalized spacial score (nSPS) is 21.1. The van der Waals surface area contributed by atoms with Crippen molar-refractivity contribution in [2.75, 3.05) is 19.8 Å². The van der Waals surface area contributed by atoms with Crippen molar-refractivity contribution in [2.24, 2.45) is 0 Å². The van der Waals surface area contributed by atoms with Crippen LogP contribution in [0.15, 0.2) is 22.8 Å². The highest BCUT2D eigenvalue weighted by Gasteiger charge is 2.13. The van der Waals surface area contributed by atoms with Crippen LogP contribution in [0.4, 0.5) is 0 Å². The Labute approximate surface area is 95.9 Å². The number of nitrogens with one attached hydrogen (secondary N) is 1. The minimum absolute atomic E-state index is 0.0131. The molecule has 1 aromatic rings. The Morgan fingerprint density at radius 3 is 3.19 bits per heavy atom. The van der Waals surface area contributed by atoms with Gasteiger partial charge in [0.1, 0.15) is 5.76 Å². The van der Waals surface area contributed by atoms with Crippen molar-refractivity contribution in [3.63, 3.8) is 0 Å². The van der Waals surface area contributed by atoms with Crippen LogP contribution in [0.1, 0.15) is 25.0 Å². The van der Waals surface area contributed by atoms with E-state index in [1.54, 1.807) is 6.26 Å². The van der Waals surface area contributed by atoms with Gasteiger partial charge in [0, 0.05) is 13.2 Å². The summed E-state index contributed by atoms with van der Waals surface area (Å²) in [6.07, 6.45) is 5.10. The van der Waals surface area contributed by atoms with Crippen molar-refractivity contribution in [3.8, 4) is 0 Å². The van der Waals surface area contributed by atoms with Gasteiger partial charge in [0.25, 0.3) is 0 Å². The number of hydrogen-bond acceptors (Lipinski definition) is 4. The highest BCUT2D eigenvalue weighted by atomic mass is 16.7. The Bertz CT molecular complexity index is 268. The first kappa shape index (κ1) is 11.6. The molecule has 0 saturated carbocycles. The zero-order chi connectivity index (χ0) is 11.1. The molecular weight excluding hydrogens is 206 g/mol. The SMILES string of the molecule is c1coc(CNCCOC2CCCCO2)c1. The molecule has 4 heteroatoms. The van der Waals surface area contributed by atoms with Gasteiger partial charge in [-0.05, 0) is 31.4 Å². The van der Waals surface area contributed by atoms with Gasteiger partial charge in [-0.2, -0.15) is 0 Å². The number of rotatable bonds is 6. The second kappa shape index (κ2) is 6.68. The zero-order valence-corrected chi connectivity index (χ0v) is 9.48. The molecule has 2 heterocycles. The van der Waals surface area contributed by atoms with E-state index in [9.17, 15) is 0 Å². The fourth-order valence-electron chi connectivity index (χ4n) is 1.73. The van der Waals surface area contributed by atoms with E-state index in [1.807, 2.05) is 12.1 Å². The molecule has 1 fully saturated rings. The van der Waals surface area contributed by atoms with Crippen molar-refractivity contribution < 1.29 is 13.9 Å². The minimum Gasteiger partial charge on any atom is -0.468 e. The second-order valence-corrected chi connectivity index (χ2v) is 3.92. The fourth-order valence-corrected chi connectivity index (χ4v) is 1.73. The van der Waals surface area contributed by atoms with Crippen molar-refractivity contribution in [1.82, 2.24) is 5.32 Å². The maximum atomic E-state index is 5.59. The van der Waals surface area contributed by atoms with Crippen LogP contribution in [0.3, 0.4) is 0 Å². The Morgan fingerprint density at radius 1 is 1.44 bits per heavy atom. The van der Waals surface area contributed by atoms with Gasteiger partial charge >= 0.3 is 0 Å². The average Bonchev–Trinajstić information content (AvgIpc) is 2.83. The van der Waals surface area contributed by atoms with E-state index in [0.29, 0.717) is 6.61 Å². The van der Waals surface area contributed by atoms with E-state index >= 15 is 0 Å². The van der Waals surface area contributed by atoms with Gasteiger partial charge in [0.15, 0.2) is 6.29 Å². The lowest BCUT2D eigenvalue weighted by atomic mass is 10.2. The number of hydrogen-bond donors (Lipinski definition) is 1. The fraction of sp³-hybridized carbons (Fsp3) is 0.667. The summed E-state index contributed by atoms with van der Waals surface area (Å²) >= 11 is 0. The molecule has 0 aromatic carbocycles. The standard InChI is InChI=1S/C12H19NO3/c1-2-7-15-12(5-1)16-9-6-13-10-11-4-3-8-14-11/h3-4,8,12-13H,1-2,5-7,9-10H2. The summed E-state index contributed by atoms with van der Waals surface area (Å²) in [6, 6.07) is 3.85. The molecule has 0 aliphatic carbocycles. The van der Waals surface area contributed by atoms with Crippen LogP contribution < -0.4 is 5.32 Å². The smallest absolute Gasteiger partial charge is 0.157 e. The maximum Gasteiger partial charge on any atom is 0.157 e. The molecule has 1 atom stereocenters. The van der Waals surface area contributed by atoms with E-state index in [1.165, 1.54) is 6.42 Å². The Kier molecular flexibility index (Phi) is 4.86.